The van der Waals surface area contributed by atoms with Crippen molar-refractivity contribution < 1.29 is 5.11 Å². The Morgan fingerprint density at radius 2 is 2.42 bits per heavy atom. The largest absolute Gasteiger partial charge is 0.391 e. The minimum atomic E-state index is -0.190. The zero-order chi connectivity index (χ0) is 8.55. The predicted octanol–water partition coefficient (Wildman–Crippen LogP) is 1.28. The molecule has 0 radical (unpaired) electrons. The highest BCUT2D eigenvalue weighted by atomic mass is 16.3. The van der Waals surface area contributed by atoms with Crippen molar-refractivity contribution in [2.24, 2.45) is 0 Å². The Morgan fingerprint density at radius 3 is 2.92 bits per heavy atom. The first kappa shape index (κ1) is 7.80. The Hall–Kier alpha value is -0.830. The van der Waals surface area contributed by atoms with Gasteiger partial charge in [0.1, 0.15) is 0 Å². The number of aliphatic hydroxyl groups is 1. The van der Waals surface area contributed by atoms with Gasteiger partial charge in [0.15, 0.2) is 0 Å². The van der Waals surface area contributed by atoms with Gasteiger partial charge in [-0.2, -0.15) is 5.10 Å². The molecule has 1 unspecified atom stereocenters. The Balaban J connectivity index is 2.19. The highest BCUT2D eigenvalue weighted by Crippen LogP contribution is 2.29. The number of hydrogen-bond acceptors (Lipinski definition) is 2. The summed E-state index contributed by atoms with van der Waals surface area (Å²) in [6.07, 6.45) is 6.74. The van der Waals surface area contributed by atoms with Crippen LogP contribution in [0.15, 0.2) is 12.4 Å². The van der Waals surface area contributed by atoms with E-state index in [9.17, 15) is 5.11 Å². The van der Waals surface area contributed by atoms with Crippen molar-refractivity contribution in [2.45, 2.75) is 38.3 Å². The van der Waals surface area contributed by atoms with E-state index in [1.165, 1.54) is 0 Å². The van der Waals surface area contributed by atoms with Gasteiger partial charge in [-0.05, 0) is 31.7 Å². The number of nitrogens with zero attached hydrogens (tertiary/aromatic N) is 2. The number of hydrogen-bond donors (Lipinski definition) is 1. The first-order valence-corrected chi connectivity index (χ1v) is 4.46. The van der Waals surface area contributed by atoms with Gasteiger partial charge in [0, 0.05) is 6.20 Å². The van der Waals surface area contributed by atoms with Gasteiger partial charge in [-0.3, -0.25) is 4.68 Å². The SMILES string of the molecule is Cc1cnn(C2CCC[C@H]2O)c1. The zero-order valence-electron chi connectivity index (χ0n) is 7.27. The molecule has 1 saturated carbocycles. The van der Waals surface area contributed by atoms with Crippen LogP contribution in [0.25, 0.3) is 0 Å². The molecule has 1 heterocycles. The molecule has 0 aliphatic heterocycles. The lowest BCUT2D eigenvalue weighted by Crippen LogP contribution is -2.18. The van der Waals surface area contributed by atoms with Gasteiger partial charge in [-0.15, -0.1) is 0 Å². The maximum absolute atomic E-state index is 9.59. The topological polar surface area (TPSA) is 38.0 Å². The van der Waals surface area contributed by atoms with Crippen LogP contribution in [-0.4, -0.2) is 21.0 Å². The first-order chi connectivity index (χ1) is 5.77. The van der Waals surface area contributed by atoms with Crippen molar-refractivity contribution in [2.75, 3.05) is 0 Å². The lowest BCUT2D eigenvalue weighted by molar-refractivity contribution is 0.130. The molecular weight excluding hydrogens is 152 g/mol. The zero-order valence-corrected chi connectivity index (χ0v) is 7.27. The molecule has 0 spiro atoms. The van der Waals surface area contributed by atoms with Gasteiger partial charge in [-0.1, -0.05) is 0 Å². The number of aryl methyl sites for hydroxylation is 1. The summed E-state index contributed by atoms with van der Waals surface area (Å²) in [7, 11) is 0. The second-order valence-corrected chi connectivity index (χ2v) is 3.56. The number of aliphatic hydroxyl groups excluding tert-OH is 1. The predicted molar refractivity (Wildman–Crippen MR) is 45.9 cm³/mol. The lowest BCUT2D eigenvalue weighted by Gasteiger charge is -2.14. The molecule has 12 heavy (non-hydrogen) atoms. The van der Waals surface area contributed by atoms with E-state index in [1.54, 1.807) is 0 Å². The average molecular weight is 166 g/mol. The molecule has 1 aromatic rings. The Kier molecular flexibility index (Phi) is 1.89. The Morgan fingerprint density at radius 1 is 1.58 bits per heavy atom. The van der Waals surface area contributed by atoms with Crippen molar-refractivity contribution in [1.29, 1.82) is 0 Å². The van der Waals surface area contributed by atoms with Gasteiger partial charge in [0.2, 0.25) is 0 Å². The highest BCUT2D eigenvalue weighted by Gasteiger charge is 2.26. The fourth-order valence-corrected chi connectivity index (χ4v) is 1.84. The second-order valence-electron chi connectivity index (χ2n) is 3.56. The van der Waals surface area contributed by atoms with Crippen molar-refractivity contribution >= 4 is 0 Å². The maximum Gasteiger partial charge on any atom is 0.0778 e. The summed E-state index contributed by atoms with van der Waals surface area (Å²) in [5.74, 6) is 0. The van der Waals surface area contributed by atoms with Gasteiger partial charge < -0.3 is 5.11 Å². The molecule has 0 bridgehead atoms. The summed E-state index contributed by atoms with van der Waals surface area (Å²) in [4.78, 5) is 0. The molecule has 3 nitrogen and oxygen atoms in total. The van der Waals surface area contributed by atoms with Crippen LogP contribution in [0.1, 0.15) is 30.9 Å². The van der Waals surface area contributed by atoms with E-state index in [2.05, 4.69) is 5.10 Å². The number of rotatable bonds is 1. The minimum Gasteiger partial charge on any atom is -0.391 e. The smallest absolute Gasteiger partial charge is 0.0778 e. The standard InChI is InChI=1S/C9H14N2O/c1-7-5-10-11(6-7)8-3-2-4-9(8)12/h5-6,8-9,12H,2-4H2,1H3/t8?,9-/m1/s1. The van der Waals surface area contributed by atoms with Crippen LogP contribution in [0.3, 0.4) is 0 Å². The van der Waals surface area contributed by atoms with Crippen LogP contribution in [0.5, 0.6) is 0 Å². The molecule has 3 heteroatoms. The van der Waals surface area contributed by atoms with Crippen LogP contribution in [-0.2, 0) is 0 Å². The fraction of sp³-hybridized carbons (Fsp3) is 0.667. The summed E-state index contributed by atoms with van der Waals surface area (Å²) >= 11 is 0. The third kappa shape index (κ3) is 1.25. The van der Waals surface area contributed by atoms with E-state index in [0.29, 0.717) is 0 Å². The van der Waals surface area contributed by atoms with Crippen LogP contribution >= 0.6 is 0 Å². The van der Waals surface area contributed by atoms with Crippen molar-refractivity contribution in [3.8, 4) is 0 Å². The van der Waals surface area contributed by atoms with Gasteiger partial charge in [0.05, 0.1) is 18.3 Å². The molecular formula is C9H14N2O. The van der Waals surface area contributed by atoms with Gasteiger partial charge >= 0.3 is 0 Å². The third-order valence-corrected chi connectivity index (χ3v) is 2.51. The van der Waals surface area contributed by atoms with E-state index in [-0.39, 0.29) is 12.1 Å². The molecule has 2 rings (SSSR count). The van der Waals surface area contributed by atoms with E-state index in [0.717, 1.165) is 24.8 Å². The quantitative estimate of drug-likeness (QED) is 0.682. The molecule has 66 valence electrons. The summed E-state index contributed by atoms with van der Waals surface area (Å²) in [5, 5.41) is 13.8. The van der Waals surface area contributed by atoms with Gasteiger partial charge in [-0.25, -0.2) is 0 Å². The monoisotopic (exact) mass is 166 g/mol. The average Bonchev–Trinajstić information content (AvgIpc) is 2.58. The molecule has 1 aromatic heterocycles. The summed E-state index contributed by atoms with van der Waals surface area (Å²) in [6, 6.07) is 0.221. The first-order valence-electron chi connectivity index (χ1n) is 4.46. The molecule has 1 fully saturated rings. The summed E-state index contributed by atoms with van der Waals surface area (Å²) in [6.45, 7) is 2.02. The highest BCUT2D eigenvalue weighted by molar-refractivity contribution is 5.01. The van der Waals surface area contributed by atoms with E-state index >= 15 is 0 Å². The van der Waals surface area contributed by atoms with Crippen molar-refractivity contribution in [1.82, 2.24) is 9.78 Å². The molecule has 0 saturated heterocycles. The summed E-state index contributed by atoms with van der Waals surface area (Å²) in [5.41, 5.74) is 1.16. The minimum absolute atomic E-state index is 0.190. The van der Waals surface area contributed by atoms with Crippen LogP contribution in [0.4, 0.5) is 0 Å². The fourth-order valence-electron chi connectivity index (χ4n) is 1.84. The second kappa shape index (κ2) is 2.90. The van der Waals surface area contributed by atoms with Crippen LogP contribution in [0.2, 0.25) is 0 Å². The molecule has 2 atom stereocenters. The third-order valence-electron chi connectivity index (χ3n) is 2.51. The molecule has 0 amide bonds. The maximum atomic E-state index is 9.59. The molecule has 1 aliphatic rings. The molecule has 0 aromatic carbocycles. The summed E-state index contributed by atoms with van der Waals surface area (Å²) < 4.78 is 1.90. The normalized spacial score (nSPS) is 29.5. The molecule has 1 N–H and O–H groups in total. The van der Waals surface area contributed by atoms with Gasteiger partial charge in [0.25, 0.3) is 0 Å². The van der Waals surface area contributed by atoms with Crippen molar-refractivity contribution in [3.63, 3.8) is 0 Å². The van der Waals surface area contributed by atoms with E-state index < -0.39 is 0 Å². The van der Waals surface area contributed by atoms with Crippen molar-refractivity contribution in [3.05, 3.63) is 18.0 Å². The van der Waals surface area contributed by atoms with E-state index in [4.69, 9.17) is 0 Å². The van der Waals surface area contributed by atoms with Crippen LogP contribution in [0, 0.1) is 6.92 Å². The van der Waals surface area contributed by atoms with E-state index in [1.807, 2.05) is 24.0 Å². The Labute approximate surface area is 72.0 Å². The molecule has 1 aliphatic carbocycles. The Bertz CT molecular complexity index is 269. The van der Waals surface area contributed by atoms with Crippen LogP contribution < -0.4 is 0 Å². The lowest BCUT2D eigenvalue weighted by atomic mass is 10.2. The number of aromatic nitrogens is 2.